The van der Waals surface area contributed by atoms with Gasteiger partial charge < -0.3 is 15.5 Å². The summed E-state index contributed by atoms with van der Waals surface area (Å²) in [6.45, 7) is 9.54. The molecule has 2 aliphatic heterocycles. The Labute approximate surface area is 110 Å². The quantitative estimate of drug-likeness (QED) is 0.788. The Morgan fingerprint density at radius 3 is 2.83 bits per heavy atom. The number of rotatable bonds is 3. The van der Waals surface area contributed by atoms with Crippen molar-refractivity contribution < 1.29 is 4.79 Å². The molecule has 0 aromatic rings. The van der Waals surface area contributed by atoms with Crippen LogP contribution in [0, 0.1) is 5.41 Å². The van der Waals surface area contributed by atoms with Gasteiger partial charge in [-0.3, -0.25) is 4.79 Å². The molecule has 2 heterocycles. The lowest BCUT2D eigenvalue weighted by Crippen LogP contribution is -2.53. The number of amides is 1. The van der Waals surface area contributed by atoms with Crippen molar-refractivity contribution in [2.75, 3.05) is 32.7 Å². The highest BCUT2D eigenvalue weighted by atomic mass is 16.2. The van der Waals surface area contributed by atoms with Gasteiger partial charge in [0.05, 0.1) is 0 Å². The van der Waals surface area contributed by atoms with E-state index in [-0.39, 0.29) is 11.3 Å². The fourth-order valence-corrected chi connectivity index (χ4v) is 3.03. The van der Waals surface area contributed by atoms with Crippen molar-refractivity contribution in [1.29, 1.82) is 0 Å². The molecule has 0 aliphatic carbocycles. The monoisotopic (exact) mass is 253 g/mol. The van der Waals surface area contributed by atoms with Crippen LogP contribution in [0.4, 0.5) is 0 Å². The van der Waals surface area contributed by atoms with Crippen molar-refractivity contribution in [1.82, 2.24) is 15.5 Å². The van der Waals surface area contributed by atoms with Gasteiger partial charge in [-0.1, -0.05) is 13.8 Å². The second kappa shape index (κ2) is 6.02. The van der Waals surface area contributed by atoms with Gasteiger partial charge in [-0.25, -0.2) is 0 Å². The van der Waals surface area contributed by atoms with Gasteiger partial charge in [0.2, 0.25) is 5.91 Å². The number of hydrogen-bond donors (Lipinski definition) is 2. The lowest BCUT2D eigenvalue weighted by Gasteiger charge is -2.37. The van der Waals surface area contributed by atoms with Crippen LogP contribution in [-0.2, 0) is 4.79 Å². The Kier molecular flexibility index (Phi) is 4.62. The zero-order valence-electron chi connectivity index (χ0n) is 11.8. The van der Waals surface area contributed by atoms with Crippen LogP contribution < -0.4 is 10.6 Å². The van der Waals surface area contributed by atoms with Gasteiger partial charge in [0.1, 0.15) is 0 Å². The highest BCUT2D eigenvalue weighted by molar-refractivity contribution is 5.82. The maximum atomic E-state index is 12.4. The molecule has 2 fully saturated rings. The summed E-state index contributed by atoms with van der Waals surface area (Å²) >= 11 is 0. The number of likely N-dealkylation sites (tertiary alicyclic amines) is 1. The minimum absolute atomic E-state index is 0.153. The fraction of sp³-hybridized carbons (Fsp3) is 0.929. The first-order valence-corrected chi connectivity index (χ1v) is 7.38. The van der Waals surface area contributed by atoms with Crippen molar-refractivity contribution in [3.8, 4) is 0 Å². The molecule has 2 saturated heterocycles. The van der Waals surface area contributed by atoms with Crippen LogP contribution in [0.5, 0.6) is 0 Å². The molecule has 1 unspecified atom stereocenters. The highest BCUT2D eigenvalue weighted by Gasteiger charge is 2.35. The third-order valence-electron chi connectivity index (χ3n) is 4.54. The Balaban J connectivity index is 1.86. The van der Waals surface area contributed by atoms with Crippen LogP contribution in [0.1, 0.15) is 39.5 Å². The molecule has 0 spiro atoms. The van der Waals surface area contributed by atoms with Crippen LogP contribution in [0.3, 0.4) is 0 Å². The minimum atomic E-state index is -0.153. The van der Waals surface area contributed by atoms with E-state index in [0.29, 0.717) is 6.04 Å². The van der Waals surface area contributed by atoms with Gasteiger partial charge in [0.25, 0.3) is 0 Å². The third kappa shape index (κ3) is 3.23. The Morgan fingerprint density at radius 2 is 2.17 bits per heavy atom. The molecular weight excluding hydrogens is 226 g/mol. The summed E-state index contributed by atoms with van der Waals surface area (Å²) in [5, 5.41) is 6.61. The van der Waals surface area contributed by atoms with Crippen molar-refractivity contribution in [3.63, 3.8) is 0 Å². The Hall–Kier alpha value is -0.610. The lowest BCUT2D eigenvalue weighted by atomic mass is 9.80. The molecule has 1 atom stereocenters. The predicted molar refractivity (Wildman–Crippen MR) is 73.5 cm³/mol. The molecule has 0 bridgehead atoms. The molecule has 2 rings (SSSR count). The average molecular weight is 253 g/mol. The number of nitrogens with one attached hydrogen (secondary N) is 2. The third-order valence-corrected chi connectivity index (χ3v) is 4.54. The van der Waals surface area contributed by atoms with Crippen LogP contribution >= 0.6 is 0 Å². The number of carbonyl (C=O) groups is 1. The lowest BCUT2D eigenvalue weighted by molar-refractivity contribution is -0.132. The second-order valence-corrected chi connectivity index (χ2v) is 6.02. The molecule has 0 aromatic heterocycles. The Bertz CT molecular complexity index is 287. The van der Waals surface area contributed by atoms with Gasteiger partial charge in [0, 0.05) is 18.0 Å². The summed E-state index contributed by atoms with van der Waals surface area (Å²) in [5.41, 5.74) is -0.153. The molecule has 4 nitrogen and oxygen atoms in total. The molecule has 18 heavy (non-hydrogen) atoms. The molecule has 2 N–H and O–H groups in total. The summed E-state index contributed by atoms with van der Waals surface area (Å²) in [4.78, 5) is 14.9. The first-order chi connectivity index (χ1) is 8.64. The van der Waals surface area contributed by atoms with Gasteiger partial charge >= 0.3 is 0 Å². The van der Waals surface area contributed by atoms with Crippen LogP contribution in [-0.4, -0.2) is 49.6 Å². The van der Waals surface area contributed by atoms with E-state index in [2.05, 4.69) is 29.4 Å². The number of likely N-dealkylation sites (N-methyl/N-ethyl adjacent to an activating group) is 1. The summed E-state index contributed by atoms with van der Waals surface area (Å²) in [5.74, 6) is 0.270. The summed E-state index contributed by atoms with van der Waals surface area (Å²) < 4.78 is 0. The van der Waals surface area contributed by atoms with Crippen molar-refractivity contribution in [3.05, 3.63) is 0 Å². The van der Waals surface area contributed by atoms with Gasteiger partial charge in [-0.05, 0) is 51.9 Å². The smallest absolute Gasteiger partial charge is 0.226 e. The number of piperidine rings is 2. The SMILES string of the molecule is CCN1CCCC(NC(=O)C2(C)CCNCC2)C1. The molecule has 0 saturated carbocycles. The van der Waals surface area contributed by atoms with Crippen molar-refractivity contribution in [2.24, 2.45) is 5.41 Å². The molecule has 0 aromatic carbocycles. The first kappa shape index (κ1) is 13.8. The maximum Gasteiger partial charge on any atom is 0.226 e. The normalized spacial score (nSPS) is 28.9. The van der Waals surface area contributed by atoms with Crippen LogP contribution in [0.25, 0.3) is 0 Å². The number of nitrogens with zero attached hydrogens (tertiary/aromatic N) is 1. The molecule has 2 aliphatic rings. The van der Waals surface area contributed by atoms with E-state index in [1.165, 1.54) is 13.0 Å². The largest absolute Gasteiger partial charge is 0.352 e. The number of hydrogen-bond acceptors (Lipinski definition) is 3. The van der Waals surface area contributed by atoms with E-state index in [1.807, 2.05) is 0 Å². The van der Waals surface area contributed by atoms with Gasteiger partial charge in [0.15, 0.2) is 0 Å². The molecule has 0 radical (unpaired) electrons. The van der Waals surface area contributed by atoms with E-state index in [4.69, 9.17) is 0 Å². The van der Waals surface area contributed by atoms with E-state index >= 15 is 0 Å². The number of carbonyl (C=O) groups excluding carboxylic acids is 1. The minimum Gasteiger partial charge on any atom is -0.352 e. The second-order valence-electron chi connectivity index (χ2n) is 6.02. The summed E-state index contributed by atoms with van der Waals surface area (Å²) in [7, 11) is 0. The average Bonchev–Trinajstić information content (AvgIpc) is 2.40. The Morgan fingerprint density at radius 1 is 1.44 bits per heavy atom. The summed E-state index contributed by atoms with van der Waals surface area (Å²) in [6, 6.07) is 0.359. The maximum absolute atomic E-state index is 12.4. The predicted octanol–water partition coefficient (Wildman–Crippen LogP) is 0.977. The van der Waals surface area contributed by atoms with Crippen LogP contribution in [0.15, 0.2) is 0 Å². The molecule has 104 valence electrons. The highest BCUT2D eigenvalue weighted by Crippen LogP contribution is 2.28. The molecule has 1 amide bonds. The molecular formula is C14H27N3O. The van der Waals surface area contributed by atoms with E-state index in [1.54, 1.807) is 0 Å². The van der Waals surface area contributed by atoms with Gasteiger partial charge in [-0.15, -0.1) is 0 Å². The first-order valence-electron chi connectivity index (χ1n) is 7.38. The zero-order valence-corrected chi connectivity index (χ0v) is 11.8. The van der Waals surface area contributed by atoms with Crippen LogP contribution in [0.2, 0.25) is 0 Å². The van der Waals surface area contributed by atoms with Crippen molar-refractivity contribution in [2.45, 2.75) is 45.6 Å². The van der Waals surface area contributed by atoms with E-state index < -0.39 is 0 Å². The zero-order chi connectivity index (χ0) is 13.0. The fourth-order valence-electron chi connectivity index (χ4n) is 3.03. The van der Waals surface area contributed by atoms with Crippen molar-refractivity contribution >= 4 is 5.91 Å². The topological polar surface area (TPSA) is 44.4 Å². The van der Waals surface area contributed by atoms with E-state index in [0.717, 1.165) is 45.4 Å². The molecule has 4 heteroatoms. The van der Waals surface area contributed by atoms with Gasteiger partial charge in [-0.2, -0.15) is 0 Å². The summed E-state index contributed by atoms with van der Waals surface area (Å²) in [6.07, 6.45) is 4.26. The standard InChI is InChI=1S/C14H27N3O/c1-3-17-10-4-5-12(11-17)16-13(18)14(2)6-8-15-9-7-14/h12,15H,3-11H2,1-2H3,(H,16,18). The van der Waals surface area contributed by atoms with E-state index in [9.17, 15) is 4.79 Å².